The van der Waals surface area contributed by atoms with Gasteiger partial charge in [-0.05, 0) is 37.7 Å². The Balaban J connectivity index is 0.00000264. The second-order valence-electron chi connectivity index (χ2n) is 4.81. The summed E-state index contributed by atoms with van der Waals surface area (Å²) in [6, 6.07) is 3.81. The first-order valence-electron chi connectivity index (χ1n) is 6.91. The number of carbonyl (C=O) groups excluding carboxylic acids is 1. The number of rotatable bonds is 7. The first-order valence-corrected chi connectivity index (χ1v) is 7.73. The van der Waals surface area contributed by atoms with Gasteiger partial charge in [-0.3, -0.25) is 4.79 Å². The Morgan fingerprint density at radius 1 is 1.30 bits per heavy atom. The van der Waals surface area contributed by atoms with E-state index in [1.807, 2.05) is 7.05 Å². The molecule has 1 amide bonds. The van der Waals surface area contributed by atoms with Crippen LogP contribution in [0.2, 0.25) is 0 Å². The number of hydrogen-bond acceptors (Lipinski definition) is 4. The molecule has 0 radical (unpaired) electrons. The summed E-state index contributed by atoms with van der Waals surface area (Å²) in [6.07, 6.45) is 3.27. The number of halogens is 3. The molecule has 0 saturated heterocycles. The molecule has 2 rings (SSSR count). The van der Waals surface area contributed by atoms with Crippen molar-refractivity contribution in [3.05, 3.63) is 46.5 Å². The van der Waals surface area contributed by atoms with E-state index in [2.05, 4.69) is 15.6 Å². The summed E-state index contributed by atoms with van der Waals surface area (Å²) in [4.78, 5) is 16.7. The topological polar surface area (TPSA) is 54.0 Å². The minimum absolute atomic E-state index is 0. The number of nitrogens with one attached hydrogen (secondary N) is 2. The van der Waals surface area contributed by atoms with Crippen LogP contribution in [0.3, 0.4) is 0 Å². The average Bonchev–Trinajstić information content (AvgIpc) is 2.90. The third-order valence-corrected chi connectivity index (χ3v) is 3.91. The van der Waals surface area contributed by atoms with Crippen LogP contribution in [0.5, 0.6) is 0 Å². The molecule has 0 spiro atoms. The Hall–Kier alpha value is -1.57. The average molecular weight is 362 g/mol. The highest BCUT2D eigenvalue weighted by Gasteiger charge is 2.08. The first-order chi connectivity index (χ1) is 10.6. The lowest BCUT2D eigenvalue weighted by atomic mass is 10.1. The molecule has 0 fully saturated rings. The maximum absolute atomic E-state index is 13.2. The summed E-state index contributed by atoms with van der Waals surface area (Å²) in [6.45, 7) is 0.784. The molecule has 8 heteroatoms. The molecule has 0 saturated carbocycles. The molecule has 23 heavy (non-hydrogen) atoms. The number of thiazole rings is 1. The third-order valence-electron chi connectivity index (χ3n) is 2.99. The molecule has 4 nitrogen and oxygen atoms in total. The van der Waals surface area contributed by atoms with E-state index < -0.39 is 11.6 Å². The van der Waals surface area contributed by atoms with Crippen molar-refractivity contribution in [3.8, 4) is 0 Å². The fourth-order valence-corrected chi connectivity index (χ4v) is 2.77. The molecular weight excluding hydrogens is 344 g/mol. The van der Waals surface area contributed by atoms with Crippen molar-refractivity contribution in [2.75, 3.05) is 18.9 Å². The van der Waals surface area contributed by atoms with Crippen molar-refractivity contribution >= 4 is 34.8 Å². The molecule has 126 valence electrons. The first kappa shape index (κ1) is 19.5. The Kier molecular flexibility index (Phi) is 8.08. The zero-order valence-corrected chi connectivity index (χ0v) is 14.2. The van der Waals surface area contributed by atoms with Crippen molar-refractivity contribution in [1.82, 2.24) is 10.3 Å². The smallest absolute Gasteiger partial charge is 0.226 e. The molecule has 0 bridgehead atoms. The molecular formula is C15H18ClF2N3OS. The van der Waals surface area contributed by atoms with E-state index in [0.29, 0.717) is 23.5 Å². The van der Waals surface area contributed by atoms with Crippen molar-refractivity contribution in [3.63, 3.8) is 0 Å². The highest BCUT2D eigenvalue weighted by molar-refractivity contribution is 7.15. The van der Waals surface area contributed by atoms with Gasteiger partial charge in [0.1, 0.15) is 0 Å². The van der Waals surface area contributed by atoms with Gasteiger partial charge >= 0.3 is 0 Å². The Morgan fingerprint density at radius 3 is 2.78 bits per heavy atom. The monoisotopic (exact) mass is 361 g/mol. The van der Waals surface area contributed by atoms with Crippen LogP contribution in [0.1, 0.15) is 23.3 Å². The number of amides is 1. The maximum atomic E-state index is 13.2. The van der Waals surface area contributed by atoms with Crippen LogP contribution in [0.25, 0.3) is 0 Å². The lowest BCUT2D eigenvalue weighted by Gasteiger charge is -2.01. The summed E-state index contributed by atoms with van der Waals surface area (Å²) in [7, 11) is 1.84. The van der Waals surface area contributed by atoms with E-state index in [4.69, 9.17) is 0 Å². The fourth-order valence-electron chi connectivity index (χ4n) is 1.91. The van der Waals surface area contributed by atoms with Gasteiger partial charge in [0.25, 0.3) is 0 Å². The van der Waals surface area contributed by atoms with Crippen LogP contribution in [-0.4, -0.2) is 24.5 Å². The largest absolute Gasteiger partial charge is 0.320 e. The van der Waals surface area contributed by atoms with Gasteiger partial charge in [0.15, 0.2) is 16.8 Å². The van der Waals surface area contributed by atoms with Crippen LogP contribution < -0.4 is 10.6 Å². The number of carbonyl (C=O) groups is 1. The molecule has 2 N–H and O–H groups in total. The number of benzene rings is 1. The molecule has 2 aromatic rings. The highest BCUT2D eigenvalue weighted by Crippen LogP contribution is 2.22. The summed E-state index contributed by atoms with van der Waals surface area (Å²) in [5, 5.41) is 6.23. The minimum Gasteiger partial charge on any atom is -0.320 e. The Bertz CT molecular complexity index is 651. The molecule has 0 atom stereocenters. The van der Waals surface area contributed by atoms with Gasteiger partial charge in [-0.15, -0.1) is 23.7 Å². The predicted molar refractivity (Wildman–Crippen MR) is 90.3 cm³/mol. The SMILES string of the molecule is CNCCCC(=O)Nc1ncc(Cc2ccc(F)c(F)c2)s1.Cl. The van der Waals surface area contributed by atoms with Gasteiger partial charge in [-0.25, -0.2) is 13.8 Å². The van der Waals surface area contributed by atoms with Gasteiger partial charge in [0, 0.05) is 23.9 Å². The molecule has 0 unspecified atom stereocenters. The van der Waals surface area contributed by atoms with Crippen molar-refractivity contribution < 1.29 is 13.6 Å². The van der Waals surface area contributed by atoms with E-state index >= 15 is 0 Å². The van der Waals surface area contributed by atoms with E-state index in [-0.39, 0.29) is 18.3 Å². The normalized spacial score (nSPS) is 10.2. The Morgan fingerprint density at radius 2 is 2.09 bits per heavy atom. The second kappa shape index (κ2) is 9.54. The van der Waals surface area contributed by atoms with Crippen LogP contribution in [0.4, 0.5) is 13.9 Å². The number of hydrogen-bond donors (Lipinski definition) is 2. The summed E-state index contributed by atoms with van der Waals surface area (Å²) >= 11 is 1.33. The number of anilines is 1. The van der Waals surface area contributed by atoms with Crippen LogP contribution in [0, 0.1) is 11.6 Å². The van der Waals surface area contributed by atoms with E-state index in [0.717, 1.165) is 23.9 Å². The lowest BCUT2D eigenvalue weighted by Crippen LogP contribution is -2.14. The van der Waals surface area contributed by atoms with E-state index in [9.17, 15) is 13.6 Å². The van der Waals surface area contributed by atoms with E-state index in [1.54, 1.807) is 6.20 Å². The van der Waals surface area contributed by atoms with E-state index in [1.165, 1.54) is 23.5 Å². The number of aromatic nitrogens is 1. The van der Waals surface area contributed by atoms with Crippen LogP contribution in [0.15, 0.2) is 24.4 Å². The zero-order valence-electron chi connectivity index (χ0n) is 12.6. The molecule has 0 aliphatic rings. The summed E-state index contributed by atoms with van der Waals surface area (Å²) < 4.78 is 26.0. The molecule has 1 aromatic carbocycles. The maximum Gasteiger partial charge on any atom is 0.226 e. The standard InChI is InChI=1S/C15H17F2N3OS.ClH/c1-18-6-2-3-14(21)20-15-19-9-11(22-15)7-10-4-5-12(16)13(17)8-10;/h4-5,8-9,18H,2-3,6-7H2,1H3,(H,19,20,21);1H. The molecule has 1 aromatic heterocycles. The van der Waals surface area contributed by atoms with Gasteiger partial charge in [-0.1, -0.05) is 6.07 Å². The summed E-state index contributed by atoms with van der Waals surface area (Å²) in [5.74, 6) is -1.80. The van der Waals surface area contributed by atoms with Crippen LogP contribution >= 0.6 is 23.7 Å². The quantitative estimate of drug-likeness (QED) is 0.743. The number of nitrogens with zero attached hydrogens (tertiary/aromatic N) is 1. The fraction of sp³-hybridized carbons (Fsp3) is 0.333. The van der Waals surface area contributed by atoms with Gasteiger partial charge in [-0.2, -0.15) is 0 Å². The predicted octanol–water partition coefficient (Wildman–Crippen LogP) is 3.37. The molecule has 1 heterocycles. The van der Waals surface area contributed by atoms with Gasteiger partial charge in [0.2, 0.25) is 5.91 Å². The van der Waals surface area contributed by atoms with Crippen LogP contribution in [-0.2, 0) is 11.2 Å². The third kappa shape index (κ3) is 6.21. The lowest BCUT2D eigenvalue weighted by molar-refractivity contribution is -0.116. The van der Waals surface area contributed by atoms with Gasteiger partial charge < -0.3 is 10.6 Å². The van der Waals surface area contributed by atoms with Crippen molar-refractivity contribution in [2.45, 2.75) is 19.3 Å². The molecule has 0 aliphatic carbocycles. The zero-order chi connectivity index (χ0) is 15.9. The molecule has 0 aliphatic heterocycles. The highest BCUT2D eigenvalue weighted by atomic mass is 35.5. The Labute approximate surface area is 143 Å². The summed E-state index contributed by atoms with van der Waals surface area (Å²) in [5.41, 5.74) is 0.662. The van der Waals surface area contributed by atoms with Gasteiger partial charge in [0.05, 0.1) is 0 Å². The minimum atomic E-state index is -0.861. The van der Waals surface area contributed by atoms with Crippen molar-refractivity contribution in [2.24, 2.45) is 0 Å². The second-order valence-corrected chi connectivity index (χ2v) is 5.93. The van der Waals surface area contributed by atoms with Crippen molar-refractivity contribution in [1.29, 1.82) is 0 Å².